The Labute approximate surface area is 133 Å². The van der Waals surface area contributed by atoms with E-state index in [1.54, 1.807) is 34.9 Å². The zero-order valence-corrected chi connectivity index (χ0v) is 14.3. The second-order valence-electron chi connectivity index (χ2n) is 5.31. The maximum absolute atomic E-state index is 12.9. The van der Waals surface area contributed by atoms with Crippen LogP contribution in [0.4, 0.5) is 0 Å². The molecule has 1 fully saturated rings. The average Bonchev–Trinajstić information content (AvgIpc) is 2.56. The van der Waals surface area contributed by atoms with E-state index in [2.05, 4.69) is 4.98 Å². The highest BCUT2D eigenvalue weighted by Gasteiger charge is 2.31. The van der Waals surface area contributed by atoms with E-state index in [-0.39, 0.29) is 6.04 Å². The maximum atomic E-state index is 12.9. The van der Waals surface area contributed by atoms with Gasteiger partial charge in [-0.2, -0.15) is 4.31 Å². The lowest BCUT2D eigenvalue weighted by Gasteiger charge is -2.32. The summed E-state index contributed by atoms with van der Waals surface area (Å²) in [7, 11) is -3.43. The lowest BCUT2D eigenvalue weighted by atomic mass is 10.1. The maximum Gasteiger partial charge on any atom is 0.243 e. The second-order valence-corrected chi connectivity index (χ2v) is 7.17. The van der Waals surface area contributed by atoms with Gasteiger partial charge in [-0.05, 0) is 31.9 Å². The number of hydrogen-bond donors (Lipinski definition) is 0. The van der Waals surface area contributed by atoms with Crippen LogP contribution in [-0.2, 0) is 10.0 Å². The predicted octanol–water partition coefficient (Wildman–Crippen LogP) is 3.82. The Bertz CT molecular complexity index is 723. The highest BCUT2D eigenvalue weighted by Crippen LogP contribution is 2.29. The molecule has 1 unspecified atom stereocenters. The summed E-state index contributed by atoms with van der Waals surface area (Å²) >= 11 is 0. The summed E-state index contributed by atoms with van der Waals surface area (Å²) in [6.07, 6.45) is 6.32. The Morgan fingerprint density at radius 2 is 1.95 bits per heavy atom. The minimum atomic E-state index is -3.43. The molecule has 4 nitrogen and oxygen atoms in total. The fourth-order valence-corrected chi connectivity index (χ4v) is 4.79. The number of aromatic nitrogens is 1. The third-order valence-electron chi connectivity index (χ3n) is 3.97. The van der Waals surface area contributed by atoms with E-state index < -0.39 is 10.0 Å². The standard InChI is InChI=1S/C15H18N2O2S.C2H6/c1-12-5-2-3-10-17(12)20(18,19)15-7-4-6-13-11-16-9-8-14(13)15;1-2/h4,6-9,11-12H,2-3,5,10H2,1H3;1-2H3. The lowest BCUT2D eigenvalue weighted by Crippen LogP contribution is -2.41. The van der Waals surface area contributed by atoms with E-state index >= 15 is 0 Å². The van der Waals surface area contributed by atoms with Crippen molar-refractivity contribution in [3.63, 3.8) is 0 Å². The zero-order valence-electron chi connectivity index (χ0n) is 13.5. The molecule has 1 aliphatic heterocycles. The number of rotatable bonds is 2. The molecule has 0 amide bonds. The van der Waals surface area contributed by atoms with Crippen molar-refractivity contribution in [3.8, 4) is 0 Å². The van der Waals surface area contributed by atoms with Crippen LogP contribution in [0.5, 0.6) is 0 Å². The zero-order chi connectivity index (χ0) is 16.2. The Kier molecular flexibility index (Phi) is 5.53. The molecule has 2 aromatic rings. The molecule has 1 saturated heterocycles. The molecule has 1 aromatic heterocycles. The molecule has 22 heavy (non-hydrogen) atoms. The van der Waals surface area contributed by atoms with Crippen LogP contribution >= 0.6 is 0 Å². The molecule has 3 rings (SSSR count). The second kappa shape index (κ2) is 7.20. The number of sulfonamides is 1. The first-order chi connectivity index (χ1) is 10.6. The normalized spacial score (nSPS) is 19.5. The lowest BCUT2D eigenvalue weighted by molar-refractivity contribution is 0.269. The van der Waals surface area contributed by atoms with Gasteiger partial charge in [0.25, 0.3) is 0 Å². The average molecular weight is 320 g/mol. The van der Waals surface area contributed by atoms with Crippen LogP contribution in [0.25, 0.3) is 10.8 Å². The van der Waals surface area contributed by atoms with E-state index in [9.17, 15) is 8.42 Å². The molecule has 0 spiro atoms. The smallest absolute Gasteiger partial charge is 0.243 e. The highest BCUT2D eigenvalue weighted by molar-refractivity contribution is 7.89. The van der Waals surface area contributed by atoms with Gasteiger partial charge in [0.1, 0.15) is 0 Å². The van der Waals surface area contributed by atoms with Crippen LogP contribution in [-0.4, -0.2) is 30.3 Å². The molecule has 0 saturated carbocycles. The summed E-state index contributed by atoms with van der Waals surface area (Å²) < 4.78 is 27.5. The van der Waals surface area contributed by atoms with Crippen LogP contribution in [0.2, 0.25) is 0 Å². The van der Waals surface area contributed by atoms with Gasteiger partial charge in [0, 0.05) is 35.8 Å². The van der Waals surface area contributed by atoms with E-state index in [4.69, 9.17) is 0 Å². The molecule has 1 aromatic carbocycles. The Morgan fingerprint density at radius 1 is 1.18 bits per heavy atom. The van der Waals surface area contributed by atoms with Crippen molar-refractivity contribution in [1.29, 1.82) is 0 Å². The Morgan fingerprint density at radius 3 is 2.68 bits per heavy atom. The quantitative estimate of drug-likeness (QED) is 0.845. The fourth-order valence-electron chi connectivity index (χ4n) is 2.87. The molecular weight excluding hydrogens is 296 g/mol. The van der Waals surface area contributed by atoms with Gasteiger partial charge in [-0.1, -0.05) is 32.4 Å². The van der Waals surface area contributed by atoms with Gasteiger partial charge in [-0.25, -0.2) is 8.42 Å². The van der Waals surface area contributed by atoms with Crippen molar-refractivity contribution in [3.05, 3.63) is 36.7 Å². The van der Waals surface area contributed by atoms with Gasteiger partial charge in [-0.15, -0.1) is 0 Å². The van der Waals surface area contributed by atoms with Gasteiger partial charge in [0.2, 0.25) is 10.0 Å². The van der Waals surface area contributed by atoms with E-state index in [0.717, 1.165) is 30.0 Å². The number of benzene rings is 1. The van der Waals surface area contributed by atoms with E-state index in [1.807, 2.05) is 26.8 Å². The van der Waals surface area contributed by atoms with Crippen molar-refractivity contribution in [1.82, 2.24) is 9.29 Å². The number of piperidine rings is 1. The number of hydrogen-bond acceptors (Lipinski definition) is 3. The van der Waals surface area contributed by atoms with E-state index in [0.29, 0.717) is 11.4 Å². The van der Waals surface area contributed by atoms with Crippen molar-refractivity contribution < 1.29 is 8.42 Å². The monoisotopic (exact) mass is 320 g/mol. The topological polar surface area (TPSA) is 50.3 Å². The van der Waals surface area contributed by atoms with Crippen LogP contribution in [0.1, 0.15) is 40.0 Å². The van der Waals surface area contributed by atoms with Crippen LogP contribution in [0, 0.1) is 0 Å². The van der Waals surface area contributed by atoms with Crippen molar-refractivity contribution in [2.24, 2.45) is 0 Å². The summed E-state index contributed by atoms with van der Waals surface area (Å²) in [6, 6.07) is 7.22. The first-order valence-electron chi connectivity index (χ1n) is 7.95. The highest BCUT2D eigenvalue weighted by atomic mass is 32.2. The van der Waals surface area contributed by atoms with Crippen LogP contribution in [0.3, 0.4) is 0 Å². The van der Waals surface area contributed by atoms with Crippen LogP contribution < -0.4 is 0 Å². The van der Waals surface area contributed by atoms with Gasteiger partial charge in [-0.3, -0.25) is 4.98 Å². The SMILES string of the molecule is CC.CC1CCCCN1S(=O)(=O)c1cccc2cnccc12. The third kappa shape index (κ3) is 3.15. The van der Waals surface area contributed by atoms with Gasteiger partial charge >= 0.3 is 0 Å². The molecule has 5 heteroatoms. The first-order valence-corrected chi connectivity index (χ1v) is 9.39. The molecule has 1 aliphatic rings. The van der Waals surface area contributed by atoms with Gasteiger partial charge < -0.3 is 0 Å². The minimum Gasteiger partial charge on any atom is -0.264 e. The summed E-state index contributed by atoms with van der Waals surface area (Å²) in [6.45, 7) is 6.61. The van der Waals surface area contributed by atoms with Crippen LogP contribution in [0.15, 0.2) is 41.6 Å². The largest absolute Gasteiger partial charge is 0.264 e. The third-order valence-corrected chi connectivity index (χ3v) is 6.04. The molecule has 2 heterocycles. The summed E-state index contributed by atoms with van der Waals surface area (Å²) in [5.41, 5.74) is 0. The van der Waals surface area contributed by atoms with Crippen molar-refractivity contribution >= 4 is 20.8 Å². The predicted molar refractivity (Wildman–Crippen MR) is 90.3 cm³/mol. The number of pyridine rings is 1. The summed E-state index contributed by atoms with van der Waals surface area (Å²) in [4.78, 5) is 4.45. The molecular formula is C17H24N2O2S. The Hall–Kier alpha value is -1.46. The van der Waals surface area contributed by atoms with Crippen molar-refractivity contribution in [2.45, 2.75) is 51.0 Å². The molecule has 0 bridgehead atoms. The minimum absolute atomic E-state index is 0.0749. The summed E-state index contributed by atoms with van der Waals surface area (Å²) in [5, 5.41) is 1.61. The summed E-state index contributed by atoms with van der Waals surface area (Å²) in [5.74, 6) is 0. The Balaban J connectivity index is 0.000000847. The number of fused-ring (bicyclic) bond motifs is 1. The van der Waals surface area contributed by atoms with E-state index in [1.165, 1.54) is 0 Å². The molecule has 120 valence electrons. The molecule has 0 aliphatic carbocycles. The van der Waals surface area contributed by atoms with Crippen molar-refractivity contribution in [2.75, 3.05) is 6.54 Å². The van der Waals surface area contributed by atoms with Gasteiger partial charge in [0.05, 0.1) is 4.90 Å². The number of nitrogens with zero attached hydrogens (tertiary/aromatic N) is 2. The molecule has 0 N–H and O–H groups in total. The van der Waals surface area contributed by atoms with Gasteiger partial charge in [0.15, 0.2) is 0 Å². The molecule has 0 radical (unpaired) electrons. The molecule has 1 atom stereocenters. The fraction of sp³-hybridized carbons (Fsp3) is 0.471. The first kappa shape index (κ1) is 16.9.